The van der Waals surface area contributed by atoms with Gasteiger partial charge in [-0.2, -0.15) is 0 Å². The topological polar surface area (TPSA) is 55.8 Å². The quantitative estimate of drug-likeness (QED) is 0.587. The maximum absolute atomic E-state index is 13.4. The average molecular weight is 374 g/mol. The highest BCUT2D eigenvalue weighted by Crippen LogP contribution is 2.56. The number of amides is 1. The molecule has 6 heteroatoms. The van der Waals surface area contributed by atoms with Crippen molar-refractivity contribution in [3.63, 3.8) is 0 Å². The van der Waals surface area contributed by atoms with E-state index in [0.717, 1.165) is 5.69 Å². The number of nitrogens with zero attached hydrogens (tertiary/aromatic N) is 1. The lowest BCUT2D eigenvalue weighted by Crippen LogP contribution is -2.45. The highest BCUT2D eigenvalue weighted by atomic mass is 35.5. The minimum Gasteiger partial charge on any atom is -0.466 e. The molecule has 4 rings (SSSR count). The molecule has 0 radical (unpaired) electrons. The first-order valence-electron chi connectivity index (χ1n) is 8.77. The maximum Gasteiger partial charge on any atom is 0.312 e. The SMILES string of the molecule is C=CC[C@@H]1N(c2ccc(Cl)cc2)C(=O)[C@@H]2[C@@H](C(=O)OCC)[C@@H]3C=C[C@]21O3. The highest BCUT2D eigenvalue weighted by Gasteiger charge is 2.71. The van der Waals surface area contributed by atoms with Crippen molar-refractivity contribution in [2.24, 2.45) is 11.8 Å². The molecule has 2 saturated heterocycles. The third kappa shape index (κ3) is 2.27. The van der Waals surface area contributed by atoms with Crippen LogP contribution in [0.4, 0.5) is 5.69 Å². The van der Waals surface area contributed by atoms with E-state index in [1.54, 1.807) is 30.0 Å². The maximum atomic E-state index is 13.4. The molecule has 1 aromatic rings. The molecular weight excluding hydrogens is 354 g/mol. The van der Waals surface area contributed by atoms with E-state index >= 15 is 0 Å². The second-order valence-electron chi connectivity index (χ2n) is 6.78. The Morgan fingerprint density at radius 2 is 2.15 bits per heavy atom. The van der Waals surface area contributed by atoms with Crippen LogP contribution in [0.3, 0.4) is 0 Å². The number of carbonyl (C=O) groups excluding carboxylic acids is 2. The lowest BCUT2D eigenvalue weighted by atomic mass is 9.74. The minimum absolute atomic E-state index is 0.121. The summed E-state index contributed by atoms with van der Waals surface area (Å²) in [4.78, 5) is 27.6. The Morgan fingerprint density at radius 1 is 1.42 bits per heavy atom. The number of carbonyl (C=O) groups is 2. The molecular formula is C20H20ClNO4. The smallest absolute Gasteiger partial charge is 0.312 e. The predicted octanol–water partition coefficient (Wildman–Crippen LogP) is 3.13. The molecule has 0 unspecified atom stereocenters. The van der Waals surface area contributed by atoms with E-state index in [4.69, 9.17) is 21.1 Å². The van der Waals surface area contributed by atoms with Crippen LogP contribution < -0.4 is 4.90 Å². The highest BCUT2D eigenvalue weighted by molar-refractivity contribution is 6.30. The first-order valence-corrected chi connectivity index (χ1v) is 9.14. The molecule has 1 aromatic carbocycles. The molecule has 0 saturated carbocycles. The fraction of sp³-hybridized carbons (Fsp3) is 0.400. The van der Waals surface area contributed by atoms with Gasteiger partial charge in [-0.1, -0.05) is 29.8 Å². The Balaban J connectivity index is 1.78. The van der Waals surface area contributed by atoms with Crippen LogP contribution in [0.1, 0.15) is 13.3 Å². The number of hydrogen-bond donors (Lipinski definition) is 0. The molecule has 3 aliphatic rings. The van der Waals surface area contributed by atoms with Crippen molar-refractivity contribution in [1.82, 2.24) is 0 Å². The van der Waals surface area contributed by atoms with E-state index in [-0.39, 0.29) is 24.5 Å². The standard InChI is InChI=1S/C20H20ClNO4/c1-3-5-15-20-11-10-14(26-20)16(19(24)25-4-2)17(20)18(23)22(15)13-8-6-12(21)7-9-13/h3,6-11,14-17H,1,4-5H2,2H3/t14-,15-,16-,17-,20+/m0/s1. The third-order valence-corrected chi connectivity index (χ3v) is 5.73. The summed E-state index contributed by atoms with van der Waals surface area (Å²) in [6, 6.07) is 6.85. The van der Waals surface area contributed by atoms with Crippen molar-refractivity contribution in [2.75, 3.05) is 11.5 Å². The van der Waals surface area contributed by atoms with Crippen molar-refractivity contribution in [3.8, 4) is 0 Å². The second-order valence-corrected chi connectivity index (χ2v) is 7.21. The molecule has 2 fully saturated rings. The summed E-state index contributed by atoms with van der Waals surface area (Å²) in [6.07, 6.45) is 5.74. The fourth-order valence-electron chi connectivity index (χ4n) is 4.51. The largest absolute Gasteiger partial charge is 0.466 e. The van der Waals surface area contributed by atoms with Crippen LogP contribution in [0, 0.1) is 11.8 Å². The number of halogens is 1. The monoisotopic (exact) mass is 373 g/mol. The Kier molecular flexibility index (Phi) is 4.16. The van der Waals surface area contributed by atoms with Crippen molar-refractivity contribution in [3.05, 3.63) is 54.1 Å². The van der Waals surface area contributed by atoms with Crippen LogP contribution in [-0.4, -0.2) is 36.2 Å². The zero-order chi connectivity index (χ0) is 18.5. The van der Waals surface area contributed by atoms with E-state index in [1.807, 2.05) is 24.3 Å². The predicted molar refractivity (Wildman–Crippen MR) is 97.9 cm³/mol. The van der Waals surface area contributed by atoms with Gasteiger partial charge in [-0.3, -0.25) is 9.59 Å². The van der Waals surface area contributed by atoms with E-state index in [0.29, 0.717) is 11.4 Å². The number of fused-ring (bicyclic) bond motifs is 1. The Labute approximate surface area is 157 Å². The lowest BCUT2D eigenvalue weighted by molar-refractivity contribution is -0.151. The fourth-order valence-corrected chi connectivity index (χ4v) is 4.64. The molecule has 0 N–H and O–H groups in total. The van der Waals surface area contributed by atoms with Gasteiger partial charge in [0, 0.05) is 10.7 Å². The number of hydrogen-bond acceptors (Lipinski definition) is 4. The summed E-state index contributed by atoms with van der Waals surface area (Å²) in [7, 11) is 0. The van der Waals surface area contributed by atoms with Gasteiger partial charge in [0.05, 0.1) is 24.7 Å². The van der Waals surface area contributed by atoms with Crippen LogP contribution in [0.25, 0.3) is 0 Å². The second kappa shape index (κ2) is 6.25. The average Bonchev–Trinajstić information content (AvgIpc) is 3.26. The summed E-state index contributed by atoms with van der Waals surface area (Å²) in [5.74, 6) is -1.70. The lowest BCUT2D eigenvalue weighted by Gasteiger charge is -2.32. The number of benzene rings is 1. The van der Waals surface area contributed by atoms with E-state index in [1.165, 1.54) is 0 Å². The van der Waals surface area contributed by atoms with Crippen LogP contribution in [0.2, 0.25) is 5.02 Å². The van der Waals surface area contributed by atoms with Gasteiger partial charge in [0.25, 0.3) is 0 Å². The van der Waals surface area contributed by atoms with E-state index in [9.17, 15) is 9.59 Å². The summed E-state index contributed by atoms with van der Waals surface area (Å²) < 4.78 is 11.4. The minimum atomic E-state index is -0.826. The molecule has 5 atom stereocenters. The summed E-state index contributed by atoms with van der Waals surface area (Å²) in [5.41, 5.74) is -0.0920. The zero-order valence-corrected chi connectivity index (χ0v) is 15.2. The van der Waals surface area contributed by atoms with Gasteiger partial charge in [0.2, 0.25) is 5.91 Å². The first kappa shape index (κ1) is 17.3. The Bertz CT molecular complexity index is 790. The summed E-state index contributed by atoms with van der Waals surface area (Å²) >= 11 is 5.99. The van der Waals surface area contributed by atoms with E-state index in [2.05, 4.69) is 6.58 Å². The molecule has 3 aliphatic heterocycles. The molecule has 3 heterocycles. The van der Waals surface area contributed by atoms with Gasteiger partial charge in [0.15, 0.2) is 0 Å². The first-order chi connectivity index (χ1) is 12.5. The normalized spacial score (nSPS) is 34.2. The molecule has 26 heavy (non-hydrogen) atoms. The molecule has 1 amide bonds. The van der Waals surface area contributed by atoms with E-state index < -0.39 is 23.5 Å². The van der Waals surface area contributed by atoms with Crippen molar-refractivity contribution < 1.29 is 19.1 Å². The van der Waals surface area contributed by atoms with Crippen LogP contribution in [0.15, 0.2) is 49.1 Å². The van der Waals surface area contributed by atoms with Crippen molar-refractivity contribution in [2.45, 2.75) is 31.1 Å². The molecule has 5 nitrogen and oxygen atoms in total. The molecule has 136 valence electrons. The molecule has 1 spiro atoms. The van der Waals surface area contributed by atoms with Gasteiger partial charge in [-0.25, -0.2) is 0 Å². The summed E-state index contributed by atoms with van der Waals surface area (Å²) in [6.45, 7) is 5.87. The Hall–Kier alpha value is -2.11. The summed E-state index contributed by atoms with van der Waals surface area (Å²) in [5, 5.41) is 0.598. The van der Waals surface area contributed by atoms with Crippen molar-refractivity contribution >= 4 is 29.2 Å². The Morgan fingerprint density at radius 3 is 2.81 bits per heavy atom. The third-order valence-electron chi connectivity index (χ3n) is 5.48. The van der Waals surface area contributed by atoms with Gasteiger partial charge < -0.3 is 14.4 Å². The number of rotatable bonds is 5. The van der Waals surface area contributed by atoms with Gasteiger partial charge in [-0.15, -0.1) is 6.58 Å². The van der Waals surface area contributed by atoms with Crippen LogP contribution in [-0.2, 0) is 19.1 Å². The van der Waals surface area contributed by atoms with Gasteiger partial charge in [0.1, 0.15) is 11.5 Å². The molecule has 0 aliphatic carbocycles. The van der Waals surface area contributed by atoms with Crippen molar-refractivity contribution in [1.29, 1.82) is 0 Å². The van der Waals surface area contributed by atoms with Crippen LogP contribution in [0.5, 0.6) is 0 Å². The number of anilines is 1. The number of esters is 1. The van der Waals surface area contributed by atoms with Gasteiger partial charge in [-0.05, 0) is 37.6 Å². The zero-order valence-electron chi connectivity index (χ0n) is 14.4. The molecule has 0 aromatic heterocycles. The van der Waals surface area contributed by atoms with Gasteiger partial charge >= 0.3 is 5.97 Å². The molecule has 2 bridgehead atoms. The number of ether oxygens (including phenoxy) is 2. The van der Waals surface area contributed by atoms with Crippen LogP contribution >= 0.6 is 11.6 Å².